The Morgan fingerprint density at radius 3 is 2.74 bits per heavy atom. The molecule has 0 spiro atoms. The third kappa shape index (κ3) is 4.93. The number of amides is 1. The average Bonchev–Trinajstić information content (AvgIpc) is 2.35. The zero-order valence-electron chi connectivity index (χ0n) is 12.2. The van der Waals surface area contributed by atoms with Crippen LogP contribution in [0.5, 0.6) is 0 Å². The quantitative estimate of drug-likeness (QED) is 0.825. The van der Waals surface area contributed by atoms with Crippen molar-refractivity contribution in [2.75, 3.05) is 26.2 Å². The summed E-state index contributed by atoms with van der Waals surface area (Å²) < 4.78 is 0. The molecule has 0 aromatic rings. The fourth-order valence-electron chi connectivity index (χ4n) is 3.09. The number of nitrogens with one attached hydrogen (secondary N) is 2. The van der Waals surface area contributed by atoms with Crippen LogP contribution in [0.1, 0.15) is 39.5 Å². The lowest BCUT2D eigenvalue weighted by molar-refractivity contribution is -0.124. The summed E-state index contributed by atoms with van der Waals surface area (Å²) in [5.41, 5.74) is 0. The van der Waals surface area contributed by atoms with Crippen molar-refractivity contribution in [3.05, 3.63) is 0 Å². The molecular weight excluding hydrogens is 262 g/mol. The van der Waals surface area contributed by atoms with Crippen LogP contribution in [0.3, 0.4) is 0 Å². The van der Waals surface area contributed by atoms with Gasteiger partial charge in [-0.05, 0) is 25.7 Å². The molecular formula is C14H28ClN3O. The zero-order valence-corrected chi connectivity index (χ0v) is 13.0. The minimum atomic E-state index is 0. The van der Waals surface area contributed by atoms with E-state index in [0.717, 1.165) is 26.1 Å². The van der Waals surface area contributed by atoms with Gasteiger partial charge in [-0.2, -0.15) is 0 Å². The Bertz CT molecular complexity index is 262. The standard InChI is InChI=1S/C14H27N3O.ClH/c1-11-5-3-4-6-13(11)16-14(18)10-17-8-7-15-9-12(17)2;/h11-13,15H,3-10H2,1-2H3,(H,16,18);1H/t11?,12-,13?;/m1./s1. The average molecular weight is 290 g/mol. The molecule has 2 N–H and O–H groups in total. The highest BCUT2D eigenvalue weighted by Crippen LogP contribution is 2.23. The normalized spacial score (nSPS) is 32.4. The first-order chi connectivity index (χ1) is 8.66. The lowest BCUT2D eigenvalue weighted by atomic mass is 9.86. The maximum atomic E-state index is 12.1. The van der Waals surface area contributed by atoms with Crippen molar-refractivity contribution in [2.24, 2.45) is 5.92 Å². The van der Waals surface area contributed by atoms with Crippen LogP contribution in [-0.4, -0.2) is 49.1 Å². The highest BCUT2D eigenvalue weighted by Gasteiger charge is 2.25. The first-order valence-corrected chi connectivity index (χ1v) is 7.41. The topological polar surface area (TPSA) is 44.4 Å². The van der Waals surface area contributed by atoms with Gasteiger partial charge in [0.05, 0.1) is 6.54 Å². The van der Waals surface area contributed by atoms with Crippen LogP contribution in [0.15, 0.2) is 0 Å². The molecule has 2 fully saturated rings. The summed E-state index contributed by atoms with van der Waals surface area (Å²) >= 11 is 0. The molecule has 3 atom stereocenters. The first kappa shape index (κ1) is 16.7. The van der Waals surface area contributed by atoms with E-state index in [0.29, 0.717) is 24.5 Å². The van der Waals surface area contributed by atoms with Gasteiger partial charge >= 0.3 is 0 Å². The van der Waals surface area contributed by atoms with Crippen LogP contribution in [0.2, 0.25) is 0 Å². The molecule has 4 nitrogen and oxygen atoms in total. The van der Waals surface area contributed by atoms with E-state index in [1.165, 1.54) is 19.3 Å². The maximum absolute atomic E-state index is 12.1. The van der Waals surface area contributed by atoms with Gasteiger partial charge in [-0.25, -0.2) is 0 Å². The molecule has 0 bridgehead atoms. The number of nitrogens with zero attached hydrogens (tertiary/aromatic N) is 1. The molecule has 2 aliphatic rings. The molecule has 112 valence electrons. The highest BCUT2D eigenvalue weighted by atomic mass is 35.5. The Balaban J connectivity index is 0.00000180. The van der Waals surface area contributed by atoms with Crippen molar-refractivity contribution in [3.8, 4) is 0 Å². The second kappa shape index (κ2) is 8.08. The van der Waals surface area contributed by atoms with Crippen molar-refractivity contribution >= 4 is 18.3 Å². The van der Waals surface area contributed by atoms with Crippen molar-refractivity contribution < 1.29 is 4.79 Å². The summed E-state index contributed by atoms with van der Waals surface area (Å²) in [4.78, 5) is 14.4. The number of halogens is 1. The van der Waals surface area contributed by atoms with Crippen LogP contribution in [0.25, 0.3) is 0 Å². The molecule has 1 aliphatic carbocycles. The predicted octanol–water partition coefficient (Wildman–Crippen LogP) is 1.40. The van der Waals surface area contributed by atoms with Gasteiger partial charge in [0, 0.05) is 31.7 Å². The van der Waals surface area contributed by atoms with E-state index in [2.05, 4.69) is 29.4 Å². The summed E-state index contributed by atoms with van der Waals surface area (Å²) in [6.45, 7) is 7.98. The van der Waals surface area contributed by atoms with Gasteiger partial charge in [-0.1, -0.05) is 19.8 Å². The van der Waals surface area contributed by atoms with E-state index in [9.17, 15) is 4.79 Å². The van der Waals surface area contributed by atoms with Gasteiger partial charge in [0.15, 0.2) is 0 Å². The van der Waals surface area contributed by atoms with Crippen molar-refractivity contribution in [1.82, 2.24) is 15.5 Å². The number of piperazine rings is 1. The minimum Gasteiger partial charge on any atom is -0.352 e. The molecule has 2 rings (SSSR count). The van der Waals surface area contributed by atoms with Crippen molar-refractivity contribution in [3.63, 3.8) is 0 Å². The molecule has 2 unspecified atom stereocenters. The largest absolute Gasteiger partial charge is 0.352 e. The highest BCUT2D eigenvalue weighted by molar-refractivity contribution is 5.85. The third-order valence-corrected chi connectivity index (χ3v) is 4.44. The van der Waals surface area contributed by atoms with Gasteiger partial charge < -0.3 is 10.6 Å². The molecule has 0 aromatic heterocycles. The number of hydrogen-bond donors (Lipinski definition) is 2. The summed E-state index contributed by atoms with van der Waals surface area (Å²) in [6, 6.07) is 0.873. The summed E-state index contributed by atoms with van der Waals surface area (Å²) in [5, 5.41) is 6.59. The van der Waals surface area contributed by atoms with E-state index < -0.39 is 0 Å². The van der Waals surface area contributed by atoms with E-state index in [-0.39, 0.29) is 18.3 Å². The maximum Gasteiger partial charge on any atom is 0.234 e. The molecule has 0 radical (unpaired) electrons. The summed E-state index contributed by atoms with van der Waals surface area (Å²) in [7, 11) is 0. The fourth-order valence-corrected chi connectivity index (χ4v) is 3.09. The first-order valence-electron chi connectivity index (χ1n) is 7.41. The Labute approximate surface area is 123 Å². The van der Waals surface area contributed by atoms with Gasteiger partial charge in [0.1, 0.15) is 0 Å². The number of hydrogen-bond acceptors (Lipinski definition) is 3. The van der Waals surface area contributed by atoms with Gasteiger partial charge in [-0.3, -0.25) is 9.69 Å². The molecule has 5 heteroatoms. The molecule has 1 amide bonds. The Morgan fingerprint density at radius 2 is 2.05 bits per heavy atom. The van der Waals surface area contributed by atoms with Crippen LogP contribution >= 0.6 is 12.4 Å². The third-order valence-electron chi connectivity index (χ3n) is 4.44. The Kier molecular flexibility index (Phi) is 7.11. The second-order valence-electron chi connectivity index (χ2n) is 5.96. The van der Waals surface area contributed by atoms with Crippen LogP contribution in [0, 0.1) is 5.92 Å². The molecule has 1 heterocycles. The van der Waals surface area contributed by atoms with Crippen LogP contribution in [0.4, 0.5) is 0 Å². The molecule has 0 aromatic carbocycles. The Morgan fingerprint density at radius 1 is 1.32 bits per heavy atom. The number of rotatable bonds is 3. The van der Waals surface area contributed by atoms with Crippen LogP contribution < -0.4 is 10.6 Å². The lowest BCUT2D eigenvalue weighted by Crippen LogP contribution is -2.54. The van der Waals surface area contributed by atoms with Gasteiger partial charge in [0.2, 0.25) is 5.91 Å². The molecule has 1 aliphatic heterocycles. The molecule has 19 heavy (non-hydrogen) atoms. The summed E-state index contributed by atoms with van der Waals surface area (Å²) in [6.07, 6.45) is 5.00. The minimum absolute atomic E-state index is 0. The van der Waals surface area contributed by atoms with Crippen molar-refractivity contribution in [2.45, 2.75) is 51.6 Å². The monoisotopic (exact) mass is 289 g/mol. The van der Waals surface area contributed by atoms with E-state index >= 15 is 0 Å². The lowest BCUT2D eigenvalue weighted by Gasteiger charge is -2.35. The van der Waals surface area contributed by atoms with Crippen LogP contribution in [-0.2, 0) is 4.79 Å². The van der Waals surface area contributed by atoms with E-state index in [4.69, 9.17) is 0 Å². The zero-order chi connectivity index (χ0) is 13.0. The predicted molar refractivity (Wildman–Crippen MR) is 80.7 cm³/mol. The Hall–Kier alpha value is -0.320. The smallest absolute Gasteiger partial charge is 0.234 e. The van der Waals surface area contributed by atoms with Gasteiger partial charge in [-0.15, -0.1) is 12.4 Å². The fraction of sp³-hybridized carbons (Fsp3) is 0.929. The number of carbonyl (C=O) groups excluding carboxylic acids is 1. The molecule has 1 saturated heterocycles. The van der Waals surface area contributed by atoms with E-state index in [1.807, 2.05) is 0 Å². The van der Waals surface area contributed by atoms with Crippen molar-refractivity contribution in [1.29, 1.82) is 0 Å². The number of carbonyl (C=O) groups is 1. The van der Waals surface area contributed by atoms with E-state index in [1.54, 1.807) is 0 Å². The SMILES string of the molecule is CC1CCCCC1NC(=O)CN1CCNC[C@H]1C.Cl. The van der Waals surface area contributed by atoms with Gasteiger partial charge in [0.25, 0.3) is 0 Å². The summed E-state index contributed by atoms with van der Waals surface area (Å²) in [5.74, 6) is 0.852. The molecule has 1 saturated carbocycles. The second-order valence-corrected chi connectivity index (χ2v) is 5.96.